The van der Waals surface area contributed by atoms with Crippen LogP contribution >= 0.6 is 0 Å². The number of rotatable bonds is 23. The molecule has 0 fully saturated rings. The van der Waals surface area contributed by atoms with Crippen molar-refractivity contribution in [3.05, 3.63) is 0 Å². The van der Waals surface area contributed by atoms with Gasteiger partial charge in [-0.05, 0) is 38.5 Å². The van der Waals surface area contributed by atoms with Crippen molar-refractivity contribution >= 4 is 17.6 Å². The Balaban J connectivity index is 6.08. The van der Waals surface area contributed by atoms with Crippen molar-refractivity contribution in [3.8, 4) is 0 Å². The lowest BCUT2D eigenvalue weighted by Crippen LogP contribution is -2.63. The van der Waals surface area contributed by atoms with E-state index in [-0.39, 0.29) is 5.16 Å². The largest absolute Gasteiger partial charge is 0.508 e. The molecule has 0 saturated carbocycles. The summed E-state index contributed by atoms with van der Waals surface area (Å²) < 4.78 is 39.1. The predicted octanol–water partition coefficient (Wildman–Crippen LogP) is 6.52. The van der Waals surface area contributed by atoms with Gasteiger partial charge in [0.25, 0.3) is 0 Å². The molecule has 0 saturated heterocycles. The van der Waals surface area contributed by atoms with Crippen LogP contribution in [-0.4, -0.2) is 57.3 Å². The highest BCUT2D eigenvalue weighted by Crippen LogP contribution is 2.37. The fourth-order valence-electron chi connectivity index (χ4n) is 3.03. The molecule has 8 heteroatoms. The van der Waals surface area contributed by atoms with Crippen molar-refractivity contribution in [2.75, 3.05) is 39.6 Å². The van der Waals surface area contributed by atoms with Crippen LogP contribution in [0, 0.1) is 0 Å². The Labute approximate surface area is 195 Å². The molecule has 0 amide bonds. The van der Waals surface area contributed by atoms with E-state index in [0.29, 0.717) is 39.6 Å². The normalized spacial score (nSPS) is 13.6. The zero-order valence-corrected chi connectivity index (χ0v) is 23.6. The zero-order valence-electron chi connectivity index (χ0n) is 21.6. The Morgan fingerprint density at radius 2 is 0.677 bits per heavy atom. The van der Waals surface area contributed by atoms with Gasteiger partial charge in [0.2, 0.25) is 0 Å². The molecular formula is C23H52O6Si2. The standard InChI is InChI=1S/C23H52O6Si2/c1-8-14-20-27-31(28-21-15-9-2,29-22-16-10-3)23(7)30(24-17-11-4,25-18-12-5)26-19-13-6/h23H,8-22H2,1-7H3. The van der Waals surface area contributed by atoms with E-state index in [1.165, 1.54) is 0 Å². The van der Waals surface area contributed by atoms with Crippen molar-refractivity contribution < 1.29 is 26.6 Å². The van der Waals surface area contributed by atoms with Gasteiger partial charge in [0.1, 0.15) is 0 Å². The fraction of sp³-hybridized carbons (Fsp3) is 1.00. The molecule has 0 aromatic heterocycles. The van der Waals surface area contributed by atoms with Gasteiger partial charge in [0.05, 0.1) is 5.16 Å². The average Bonchev–Trinajstić information content (AvgIpc) is 2.78. The van der Waals surface area contributed by atoms with Gasteiger partial charge in [-0.15, -0.1) is 0 Å². The smallest absolute Gasteiger partial charge is 0.373 e. The van der Waals surface area contributed by atoms with Crippen molar-refractivity contribution in [2.24, 2.45) is 0 Å². The van der Waals surface area contributed by atoms with Crippen molar-refractivity contribution in [1.82, 2.24) is 0 Å². The summed E-state index contributed by atoms with van der Waals surface area (Å²) in [5, 5.41) is -0.171. The molecule has 0 radical (unpaired) electrons. The lowest BCUT2D eigenvalue weighted by molar-refractivity contribution is 0.0227. The number of hydrogen-bond acceptors (Lipinski definition) is 6. The summed E-state index contributed by atoms with van der Waals surface area (Å²) in [4.78, 5) is 0. The molecule has 0 heterocycles. The molecule has 1 unspecified atom stereocenters. The summed E-state index contributed by atoms with van der Waals surface area (Å²) in [5.41, 5.74) is 0. The van der Waals surface area contributed by atoms with Gasteiger partial charge in [-0.25, -0.2) is 0 Å². The highest BCUT2D eigenvalue weighted by Gasteiger charge is 2.63. The van der Waals surface area contributed by atoms with E-state index in [4.69, 9.17) is 26.6 Å². The summed E-state index contributed by atoms with van der Waals surface area (Å²) in [6, 6.07) is 0. The molecule has 0 aromatic carbocycles. The summed E-state index contributed by atoms with van der Waals surface area (Å²) in [6.45, 7) is 18.7. The minimum atomic E-state index is -3.11. The molecule has 0 spiro atoms. The first-order chi connectivity index (χ1) is 15.0. The van der Waals surface area contributed by atoms with E-state index >= 15 is 0 Å². The maximum atomic E-state index is 6.56. The maximum absolute atomic E-state index is 6.56. The first kappa shape index (κ1) is 31.2. The molecule has 0 bridgehead atoms. The summed E-state index contributed by atoms with van der Waals surface area (Å²) in [6.07, 6.45) is 8.85. The van der Waals surface area contributed by atoms with Gasteiger partial charge in [-0.2, -0.15) is 0 Å². The zero-order chi connectivity index (χ0) is 23.4. The summed E-state index contributed by atoms with van der Waals surface area (Å²) >= 11 is 0. The Bertz CT molecular complexity index is 352. The SMILES string of the molecule is CCCCO[Si](OCCCC)(OCCCC)C(C)[Si](OCCC)(OCCC)OCCC. The van der Waals surface area contributed by atoms with Crippen LogP contribution < -0.4 is 0 Å². The third-order valence-corrected chi connectivity index (χ3v) is 12.9. The Hall–Kier alpha value is 0.194. The van der Waals surface area contributed by atoms with Crippen LogP contribution in [0.25, 0.3) is 0 Å². The second-order valence-electron chi connectivity index (χ2n) is 8.08. The van der Waals surface area contributed by atoms with Crippen LogP contribution in [0.3, 0.4) is 0 Å². The van der Waals surface area contributed by atoms with Crippen molar-refractivity contribution in [1.29, 1.82) is 0 Å². The van der Waals surface area contributed by atoms with Crippen LogP contribution in [0.15, 0.2) is 0 Å². The van der Waals surface area contributed by atoms with Crippen LogP contribution in [-0.2, 0) is 26.6 Å². The van der Waals surface area contributed by atoms with E-state index < -0.39 is 17.6 Å². The van der Waals surface area contributed by atoms with Crippen molar-refractivity contribution in [3.63, 3.8) is 0 Å². The second kappa shape index (κ2) is 19.6. The molecule has 0 aromatic rings. The lowest BCUT2D eigenvalue weighted by Gasteiger charge is -2.41. The molecule has 6 nitrogen and oxygen atoms in total. The van der Waals surface area contributed by atoms with Crippen molar-refractivity contribution in [2.45, 2.75) is 111 Å². The van der Waals surface area contributed by atoms with Gasteiger partial charge in [0, 0.05) is 39.6 Å². The Morgan fingerprint density at radius 3 is 0.903 bits per heavy atom. The second-order valence-corrected chi connectivity index (χ2v) is 14.5. The summed E-state index contributed by atoms with van der Waals surface area (Å²) in [5.74, 6) is 0. The summed E-state index contributed by atoms with van der Waals surface area (Å²) in [7, 11) is -6.20. The van der Waals surface area contributed by atoms with E-state index in [2.05, 4.69) is 48.5 Å². The van der Waals surface area contributed by atoms with Crippen LogP contribution in [0.2, 0.25) is 5.16 Å². The molecule has 31 heavy (non-hydrogen) atoms. The maximum Gasteiger partial charge on any atom is 0.508 e. The van der Waals surface area contributed by atoms with Crippen LogP contribution in [0.4, 0.5) is 0 Å². The molecule has 0 rings (SSSR count). The highest BCUT2D eigenvalue weighted by atomic mass is 28.5. The molecular weight excluding hydrogens is 428 g/mol. The van der Waals surface area contributed by atoms with E-state index in [1.807, 2.05) is 0 Å². The number of unbranched alkanes of at least 4 members (excludes halogenated alkanes) is 3. The highest BCUT2D eigenvalue weighted by molar-refractivity contribution is 6.82. The lowest BCUT2D eigenvalue weighted by atomic mass is 10.4. The van der Waals surface area contributed by atoms with Gasteiger partial charge in [-0.1, -0.05) is 67.7 Å². The van der Waals surface area contributed by atoms with E-state index in [1.54, 1.807) is 0 Å². The number of hydrogen-bond donors (Lipinski definition) is 0. The molecule has 188 valence electrons. The van der Waals surface area contributed by atoms with Crippen LogP contribution in [0.1, 0.15) is 106 Å². The Kier molecular flexibility index (Phi) is 19.8. The molecule has 1 atom stereocenters. The molecule has 0 aliphatic heterocycles. The van der Waals surface area contributed by atoms with Gasteiger partial charge in [0.15, 0.2) is 0 Å². The minimum Gasteiger partial charge on any atom is -0.373 e. The van der Waals surface area contributed by atoms with Gasteiger partial charge in [-0.3, -0.25) is 0 Å². The molecule has 0 N–H and O–H groups in total. The quantitative estimate of drug-likeness (QED) is 0.122. The van der Waals surface area contributed by atoms with E-state index in [0.717, 1.165) is 57.8 Å². The van der Waals surface area contributed by atoms with Gasteiger partial charge < -0.3 is 26.6 Å². The fourth-order valence-corrected chi connectivity index (χ4v) is 11.0. The Morgan fingerprint density at radius 1 is 0.419 bits per heavy atom. The first-order valence-corrected chi connectivity index (χ1v) is 16.5. The monoisotopic (exact) mass is 480 g/mol. The van der Waals surface area contributed by atoms with Gasteiger partial charge >= 0.3 is 17.6 Å². The van der Waals surface area contributed by atoms with E-state index in [9.17, 15) is 0 Å². The third-order valence-electron chi connectivity index (χ3n) is 4.99. The average molecular weight is 481 g/mol. The van der Waals surface area contributed by atoms with Crippen LogP contribution in [0.5, 0.6) is 0 Å². The first-order valence-electron chi connectivity index (χ1n) is 12.9. The topological polar surface area (TPSA) is 55.4 Å². The molecule has 0 aliphatic rings. The molecule has 0 aliphatic carbocycles. The minimum absolute atomic E-state index is 0.171. The third kappa shape index (κ3) is 11.8. The predicted molar refractivity (Wildman–Crippen MR) is 132 cm³/mol.